The number of anilines is 1. The van der Waals surface area contributed by atoms with Gasteiger partial charge in [0.15, 0.2) is 0 Å². The largest absolute Gasteiger partial charge is 0.490 e. The van der Waals surface area contributed by atoms with Crippen LogP contribution in [0, 0.1) is 0 Å². The van der Waals surface area contributed by atoms with Crippen molar-refractivity contribution in [1.29, 1.82) is 0 Å². The Labute approximate surface area is 151 Å². The molecule has 1 aliphatic heterocycles. The highest BCUT2D eigenvalue weighted by atomic mass is 16.6. The zero-order valence-electron chi connectivity index (χ0n) is 14.5. The van der Waals surface area contributed by atoms with Gasteiger partial charge in [0.25, 0.3) is 0 Å². The maximum Gasteiger partial charge on any atom is 0.343 e. The number of esters is 1. The van der Waals surface area contributed by atoms with Crippen LogP contribution in [0.5, 0.6) is 11.6 Å². The molecule has 136 valence electrons. The summed E-state index contributed by atoms with van der Waals surface area (Å²) >= 11 is 0. The lowest BCUT2D eigenvalue weighted by Gasteiger charge is -2.17. The standard InChI is InChI=1S/C19H20N2O5/c1-2-24-18-15(4-3-9-20-18)19(23)26-11-10-25-14-6-7-16-13(12-14)5-8-17(22)21-16/h3-4,6-7,9,12H,2,5,8,10-11H2,1H3,(H,21,22). The van der Waals surface area contributed by atoms with E-state index in [4.69, 9.17) is 14.2 Å². The predicted molar refractivity (Wildman–Crippen MR) is 94.6 cm³/mol. The maximum atomic E-state index is 12.1. The molecule has 7 heteroatoms. The summed E-state index contributed by atoms with van der Waals surface area (Å²) in [7, 11) is 0. The van der Waals surface area contributed by atoms with Crippen LogP contribution in [-0.4, -0.2) is 36.7 Å². The molecule has 0 saturated carbocycles. The van der Waals surface area contributed by atoms with Gasteiger partial charge in [-0.25, -0.2) is 9.78 Å². The molecule has 0 spiro atoms. The molecule has 3 rings (SSSR count). The molecule has 0 saturated heterocycles. The third-order valence-electron chi connectivity index (χ3n) is 3.83. The molecule has 26 heavy (non-hydrogen) atoms. The molecule has 1 N–H and O–H groups in total. The molecule has 1 amide bonds. The second kappa shape index (κ2) is 8.33. The number of nitrogens with zero attached hydrogens (tertiary/aromatic N) is 1. The fourth-order valence-electron chi connectivity index (χ4n) is 2.62. The maximum absolute atomic E-state index is 12.1. The third-order valence-corrected chi connectivity index (χ3v) is 3.83. The minimum absolute atomic E-state index is 0.0277. The molecule has 1 aromatic carbocycles. The van der Waals surface area contributed by atoms with Crippen molar-refractivity contribution < 1.29 is 23.8 Å². The number of amides is 1. The van der Waals surface area contributed by atoms with Gasteiger partial charge in [-0.15, -0.1) is 0 Å². The Morgan fingerprint density at radius 3 is 2.92 bits per heavy atom. The number of hydrogen-bond acceptors (Lipinski definition) is 6. The van der Waals surface area contributed by atoms with Gasteiger partial charge in [0.05, 0.1) is 6.61 Å². The van der Waals surface area contributed by atoms with Crippen LogP contribution in [0.25, 0.3) is 0 Å². The first-order chi connectivity index (χ1) is 12.7. The molecule has 0 bridgehead atoms. The van der Waals surface area contributed by atoms with Crippen molar-refractivity contribution in [3.63, 3.8) is 0 Å². The van der Waals surface area contributed by atoms with Crippen molar-refractivity contribution in [2.45, 2.75) is 19.8 Å². The van der Waals surface area contributed by atoms with Gasteiger partial charge in [0.2, 0.25) is 11.8 Å². The zero-order valence-corrected chi connectivity index (χ0v) is 14.5. The second-order valence-electron chi connectivity index (χ2n) is 5.64. The lowest BCUT2D eigenvalue weighted by Crippen LogP contribution is -2.19. The molecule has 2 aromatic rings. The summed E-state index contributed by atoms with van der Waals surface area (Å²) in [5, 5.41) is 2.82. The van der Waals surface area contributed by atoms with Crippen LogP contribution in [0.2, 0.25) is 0 Å². The van der Waals surface area contributed by atoms with E-state index >= 15 is 0 Å². The fraction of sp³-hybridized carbons (Fsp3) is 0.316. The normalized spacial score (nSPS) is 12.7. The minimum atomic E-state index is -0.502. The monoisotopic (exact) mass is 356 g/mol. The van der Waals surface area contributed by atoms with Gasteiger partial charge < -0.3 is 19.5 Å². The van der Waals surface area contributed by atoms with E-state index in [-0.39, 0.29) is 25.0 Å². The van der Waals surface area contributed by atoms with E-state index in [1.807, 2.05) is 19.1 Å². The first kappa shape index (κ1) is 17.7. The van der Waals surface area contributed by atoms with Gasteiger partial charge in [-0.3, -0.25) is 4.79 Å². The van der Waals surface area contributed by atoms with E-state index in [9.17, 15) is 9.59 Å². The topological polar surface area (TPSA) is 86.8 Å². The van der Waals surface area contributed by atoms with Crippen molar-refractivity contribution in [3.8, 4) is 11.6 Å². The number of benzene rings is 1. The number of fused-ring (bicyclic) bond motifs is 1. The van der Waals surface area contributed by atoms with Crippen LogP contribution in [-0.2, 0) is 16.0 Å². The smallest absolute Gasteiger partial charge is 0.343 e. The molecule has 1 aliphatic rings. The van der Waals surface area contributed by atoms with E-state index in [1.54, 1.807) is 24.4 Å². The van der Waals surface area contributed by atoms with E-state index in [0.717, 1.165) is 11.3 Å². The first-order valence-corrected chi connectivity index (χ1v) is 8.48. The quantitative estimate of drug-likeness (QED) is 0.606. The van der Waals surface area contributed by atoms with Gasteiger partial charge >= 0.3 is 5.97 Å². The number of carbonyl (C=O) groups excluding carboxylic acids is 2. The summed E-state index contributed by atoms with van der Waals surface area (Å²) in [5.41, 5.74) is 2.15. The number of ether oxygens (including phenoxy) is 3. The Bertz CT molecular complexity index is 806. The average molecular weight is 356 g/mol. The highest BCUT2D eigenvalue weighted by molar-refractivity contribution is 5.94. The van der Waals surface area contributed by atoms with Crippen molar-refractivity contribution in [2.24, 2.45) is 0 Å². The summed E-state index contributed by atoms with van der Waals surface area (Å²) in [6.45, 7) is 2.56. The highest BCUT2D eigenvalue weighted by Crippen LogP contribution is 2.26. The second-order valence-corrected chi connectivity index (χ2v) is 5.64. The van der Waals surface area contributed by atoms with Crippen LogP contribution >= 0.6 is 0 Å². The first-order valence-electron chi connectivity index (χ1n) is 8.48. The van der Waals surface area contributed by atoms with Crippen molar-refractivity contribution >= 4 is 17.6 Å². The van der Waals surface area contributed by atoms with Gasteiger partial charge in [-0.05, 0) is 49.2 Å². The lowest BCUT2D eigenvalue weighted by molar-refractivity contribution is -0.116. The van der Waals surface area contributed by atoms with Crippen molar-refractivity contribution in [3.05, 3.63) is 47.7 Å². The Morgan fingerprint density at radius 2 is 2.08 bits per heavy atom. The molecule has 0 aliphatic carbocycles. The fourth-order valence-corrected chi connectivity index (χ4v) is 2.62. The predicted octanol–water partition coefficient (Wildman–Crippen LogP) is 2.60. The molecule has 0 fully saturated rings. The molecule has 1 aromatic heterocycles. The summed E-state index contributed by atoms with van der Waals surface area (Å²) < 4.78 is 16.2. The van der Waals surface area contributed by atoms with Crippen LogP contribution < -0.4 is 14.8 Å². The number of rotatable bonds is 7. The molecule has 7 nitrogen and oxygen atoms in total. The van der Waals surface area contributed by atoms with Crippen molar-refractivity contribution in [2.75, 3.05) is 25.1 Å². The van der Waals surface area contributed by atoms with E-state index in [0.29, 0.717) is 30.8 Å². The number of aromatic nitrogens is 1. The summed E-state index contributed by atoms with van der Waals surface area (Å²) in [6, 6.07) is 8.75. The van der Waals surface area contributed by atoms with Crippen LogP contribution in [0.3, 0.4) is 0 Å². The molecule has 0 unspecified atom stereocenters. The van der Waals surface area contributed by atoms with Crippen LogP contribution in [0.15, 0.2) is 36.5 Å². The number of nitrogens with one attached hydrogen (secondary N) is 1. The summed E-state index contributed by atoms with van der Waals surface area (Å²) in [6.07, 6.45) is 2.72. The van der Waals surface area contributed by atoms with E-state index in [1.165, 1.54) is 0 Å². The molecular formula is C19H20N2O5. The number of hydrogen-bond donors (Lipinski definition) is 1. The molecule has 2 heterocycles. The lowest BCUT2D eigenvalue weighted by atomic mass is 10.0. The third kappa shape index (κ3) is 4.30. The Hall–Kier alpha value is -3.09. The van der Waals surface area contributed by atoms with Gasteiger partial charge in [-0.2, -0.15) is 0 Å². The molecule has 0 radical (unpaired) electrons. The van der Waals surface area contributed by atoms with Gasteiger partial charge in [-0.1, -0.05) is 0 Å². The molecule has 0 atom stereocenters. The van der Waals surface area contributed by atoms with Gasteiger partial charge in [0, 0.05) is 18.3 Å². The number of pyridine rings is 1. The zero-order chi connectivity index (χ0) is 18.4. The van der Waals surface area contributed by atoms with E-state index in [2.05, 4.69) is 10.3 Å². The SMILES string of the molecule is CCOc1ncccc1C(=O)OCCOc1ccc2c(c1)CCC(=O)N2. The highest BCUT2D eigenvalue weighted by Gasteiger charge is 2.16. The van der Waals surface area contributed by atoms with Crippen LogP contribution in [0.1, 0.15) is 29.3 Å². The Morgan fingerprint density at radius 1 is 1.19 bits per heavy atom. The average Bonchev–Trinajstić information content (AvgIpc) is 2.66. The summed E-state index contributed by atoms with van der Waals surface area (Å²) in [4.78, 5) is 27.5. The Kier molecular flexibility index (Phi) is 5.68. The Balaban J connectivity index is 1.50. The van der Waals surface area contributed by atoms with E-state index < -0.39 is 5.97 Å². The number of carbonyl (C=O) groups is 2. The summed E-state index contributed by atoms with van der Waals surface area (Å²) in [5.74, 6) is 0.461. The minimum Gasteiger partial charge on any atom is -0.490 e. The molecular weight excluding hydrogens is 336 g/mol. The van der Waals surface area contributed by atoms with Crippen LogP contribution in [0.4, 0.5) is 5.69 Å². The number of aryl methyl sites for hydroxylation is 1. The van der Waals surface area contributed by atoms with Crippen molar-refractivity contribution in [1.82, 2.24) is 4.98 Å². The van der Waals surface area contributed by atoms with Gasteiger partial charge in [0.1, 0.15) is 24.5 Å².